The van der Waals surface area contributed by atoms with Crippen LogP contribution in [0.3, 0.4) is 0 Å². The number of nitrogens with zero attached hydrogens (tertiary/aromatic N) is 2. The molecule has 0 aliphatic carbocycles. The monoisotopic (exact) mass is 451 g/mol. The molecule has 0 unspecified atom stereocenters. The number of hydrogen-bond donors (Lipinski definition) is 3. The Labute approximate surface area is 189 Å². The second kappa shape index (κ2) is 9.25. The molecule has 3 saturated heterocycles. The molecule has 1 spiro atoms. The standard InChI is InChI=1S/C22H37N5O5/c1-14(2)9-15-18(29)23-11-22(12-26(13-22)20(31)32-21(3,4)5)24-10-17(28)27-8-6-7-16(27)19(30)25-15/h14-16,24H,6-13H2,1-5H3,(H,23,29)(H,25,30)/t15-,16+/m0/s1. The molecule has 3 fully saturated rings. The highest BCUT2D eigenvalue weighted by atomic mass is 16.6. The van der Waals surface area contributed by atoms with Crippen molar-refractivity contribution in [1.82, 2.24) is 25.8 Å². The highest BCUT2D eigenvalue weighted by Crippen LogP contribution is 2.25. The second-order valence-corrected chi connectivity index (χ2v) is 10.6. The van der Waals surface area contributed by atoms with E-state index in [9.17, 15) is 19.2 Å². The summed E-state index contributed by atoms with van der Waals surface area (Å²) in [4.78, 5) is 54.3. The summed E-state index contributed by atoms with van der Waals surface area (Å²) in [6.45, 7) is 10.9. The molecule has 0 radical (unpaired) electrons. The van der Waals surface area contributed by atoms with Gasteiger partial charge in [-0.2, -0.15) is 0 Å². The lowest BCUT2D eigenvalue weighted by molar-refractivity contribution is -0.140. The fourth-order valence-electron chi connectivity index (χ4n) is 4.48. The summed E-state index contributed by atoms with van der Waals surface area (Å²) < 4.78 is 5.43. The van der Waals surface area contributed by atoms with E-state index < -0.39 is 29.3 Å². The lowest BCUT2D eigenvalue weighted by Gasteiger charge is -2.50. The topological polar surface area (TPSA) is 120 Å². The quantitative estimate of drug-likeness (QED) is 0.552. The number of amides is 4. The minimum absolute atomic E-state index is 0.0389. The molecule has 10 heteroatoms. The van der Waals surface area contributed by atoms with E-state index in [0.29, 0.717) is 32.5 Å². The summed E-state index contributed by atoms with van der Waals surface area (Å²) in [5, 5.41) is 9.07. The largest absolute Gasteiger partial charge is 0.444 e. The summed E-state index contributed by atoms with van der Waals surface area (Å²) >= 11 is 0. The first-order chi connectivity index (χ1) is 14.9. The van der Waals surface area contributed by atoms with E-state index in [2.05, 4.69) is 16.0 Å². The summed E-state index contributed by atoms with van der Waals surface area (Å²) in [6, 6.07) is -1.22. The second-order valence-electron chi connectivity index (χ2n) is 10.6. The van der Waals surface area contributed by atoms with Crippen molar-refractivity contribution in [2.45, 2.75) is 77.1 Å². The van der Waals surface area contributed by atoms with Gasteiger partial charge in [0.1, 0.15) is 17.7 Å². The van der Waals surface area contributed by atoms with Crippen molar-refractivity contribution >= 4 is 23.8 Å². The highest BCUT2D eigenvalue weighted by molar-refractivity contribution is 5.93. The van der Waals surface area contributed by atoms with E-state index in [1.54, 1.807) is 9.80 Å². The van der Waals surface area contributed by atoms with Crippen molar-refractivity contribution in [3.63, 3.8) is 0 Å². The molecule has 2 atom stereocenters. The summed E-state index contributed by atoms with van der Waals surface area (Å²) in [5.74, 6) is -0.462. The lowest BCUT2D eigenvalue weighted by atomic mass is 9.89. The maximum Gasteiger partial charge on any atom is 0.410 e. The van der Waals surface area contributed by atoms with Crippen LogP contribution in [0.4, 0.5) is 4.79 Å². The average molecular weight is 452 g/mol. The van der Waals surface area contributed by atoms with E-state index in [1.165, 1.54) is 0 Å². The Morgan fingerprint density at radius 2 is 1.88 bits per heavy atom. The molecule has 3 heterocycles. The third-order valence-corrected chi connectivity index (χ3v) is 6.07. The Hall–Kier alpha value is -2.36. The van der Waals surface area contributed by atoms with Crippen LogP contribution in [0.5, 0.6) is 0 Å². The van der Waals surface area contributed by atoms with Gasteiger partial charge in [-0.1, -0.05) is 13.8 Å². The molecule has 0 aromatic heterocycles. The summed E-state index contributed by atoms with van der Waals surface area (Å²) in [7, 11) is 0. The molecule has 32 heavy (non-hydrogen) atoms. The Morgan fingerprint density at radius 3 is 2.50 bits per heavy atom. The number of carbonyl (C=O) groups excluding carboxylic acids is 4. The van der Waals surface area contributed by atoms with Crippen molar-refractivity contribution in [1.29, 1.82) is 0 Å². The zero-order valence-corrected chi connectivity index (χ0v) is 19.8. The number of carbonyl (C=O) groups is 4. The minimum Gasteiger partial charge on any atom is -0.444 e. The molecule has 180 valence electrons. The maximum atomic E-state index is 13.0. The van der Waals surface area contributed by atoms with Crippen LogP contribution in [0.25, 0.3) is 0 Å². The average Bonchev–Trinajstić information content (AvgIpc) is 3.13. The zero-order chi connectivity index (χ0) is 23.7. The summed E-state index contributed by atoms with van der Waals surface area (Å²) in [6.07, 6.45) is 1.43. The third-order valence-electron chi connectivity index (χ3n) is 6.07. The smallest absolute Gasteiger partial charge is 0.410 e. The van der Waals surface area contributed by atoms with Crippen LogP contribution in [0.1, 0.15) is 53.9 Å². The molecule has 3 aliphatic rings. The number of hydrogen-bond acceptors (Lipinski definition) is 6. The van der Waals surface area contributed by atoms with Gasteiger partial charge < -0.3 is 25.2 Å². The van der Waals surface area contributed by atoms with Crippen LogP contribution in [-0.2, 0) is 19.1 Å². The molecule has 0 aromatic carbocycles. The van der Waals surface area contributed by atoms with E-state index in [4.69, 9.17) is 4.74 Å². The number of nitrogens with one attached hydrogen (secondary N) is 3. The van der Waals surface area contributed by atoms with Crippen molar-refractivity contribution < 1.29 is 23.9 Å². The normalized spacial score (nSPS) is 26.6. The van der Waals surface area contributed by atoms with Gasteiger partial charge in [-0.25, -0.2) is 4.79 Å². The number of fused-ring (bicyclic) bond motifs is 1. The number of rotatable bonds is 2. The first kappa shape index (κ1) is 24.3. The summed E-state index contributed by atoms with van der Waals surface area (Å²) in [5.41, 5.74) is -1.22. The molecule has 3 aliphatic heterocycles. The van der Waals surface area contributed by atoms with Crippen LogP contribution in [0, 0.1) is 5.92 Å². The van der Waals surface area contributed by atoms with Crippen molar-refractivity contribution in [3.8, 4) is 0 Å². The predicted octanol–water partition coefficient (Wildman–Crippen LogP) is 0.217. The van der Waals surface area contributed by atoms with Gasteiger partial charge in [-0.05, 0) is 46.0 Å². The van der Waals surface area contributed by atoms with Gasteiger partial charge in [0, 0.05) is 26.2 Å². The molecule has 3 N–H and O–H groups in total. The SMILES string of the molecule is CC(C)C[C@@H]1NC(=O)[C@H]2CCCN2C(=O)CNC2(CNC1=O)CN(C(=O)OC(C)(C)C)C2. The van der Waals surface area contributed by atoms with Gasteiger partial charge in [0.25, 0.3) is 0 Å². The Kier molecular flexibility index (Phi) is 7.02. The van der Waals surface area contributed by atoms with Crippen molar-refractivity contribution in [2.75, 3.05) is 32.7 Å². The Balaban J connectivity index is 1.76. The Bertz CT molecular complexity index is 756. The molecular formula is C22H37N5O5. The zero-order valence-electron chi connectivity index (χ0n) is 19.8. The molecule has 10 nitrogen and oxygen atoms in total. The molecule has 0 aromatic rings. The minimum atomic E-state index is -0.668. The predicted molar refractivity (Wildman–Crippen MR) is 118 cm³/mol. The molecule has 0 bridgehead atoms. The first-order valence-electron chi connectivity index (χ1n) is 11.5. The van der Waals surface area contributed by atoms with Gasteiger partial charge in [0.05, 0.1) is 12.1 Å². The van der Waals surface area contributed by atoms with Gasteiger partial charge in [-0.15, -0.1) is 0 Å². The molecule has 0 saturated carbocycles. The van der Waals surface area contributed by atoms with E-state index in [-0.39, 0.29) is 36.7 Å². The van der Waals surface area contributed by atoms with Crippen LogP contribution in [-0.4, -0.2) is 89.6 Å². The lowest BCUT2D eigenvalue weighted by Crippen LogP contribution is -2.75. The molecular weight excluding hydrogens is 414 g/mol. The highest BCUT2D eigenvalue weighted by Gasteiger charge is 2.48. The molecule has 3 rings (SSSR count). The number of ether oxygens (including phenoxy) is 1. The molecule has 4 amide bonds. The maximum absolute atomic E-state index is 13.0. The first-order valence-corrected chi connectivity index (χ1v) is 11.5. The van der Waals surface area contributed by atoms with E-state index in [0.717, 1.165) is 6.42 Å². The van der Waals surface area contributed by atoms with Crippen molar-refractivity contribution in [3.05, 3.63) is 0 Å². The number of likely N-dealkylation sites (tertiary alicyclic amines) is 1. The van der Waals surface area contributed by atoms with Gasteiger partial charge in [0.15, 0.2) is 0 Å². The van der Waals surface area contributed by atoms with Crippen LogP contribution < -0.4 is 16.0 Å². The fourth-order valence-corrected chi connectivity index (χ4v) is 4.48. The van der Waals surface area contributed by atoms with Gasteiger partial charge in [-0.3, -0.25) is 19.7 Å². The van der Waals surface area contributed by atoms with Gasteiger partial charge >= 0.3 is 6.09 Å². The van der Waals surface area contributed by atoms with E-state index in [1.807, 2.05) is 34.6 Å². The van der Waals surface area contributed by atoms with Crippen molar-refractivity contribution in [2.24, 2.45) is 5.92 Å². The Morgan fingerprint density at radius 1 is 1.19 bits per heavy atom. The van der Waals surface area contributed by atoms with Crippen LogP contribution in [0.2, 0.25) is 0 Å². The third kappa shape index (κ3) is 5.70. The van der Waals surface area contributed by atoms with Crippen LogP contribution in [0.15, 0.2) is 0 Å². The van der Waals surface area contributed by atoms with E-state index >= 15 is 0 Å². The van der Waals surface area contributed by atoms with Gasteiger partial charge in [0.2, 0.25) is 17.7 Å². The van der Waals surface area contributed by atoms with Crippen LogP contribution >= 0.6 is 0 Å². The fraction of sp³-hybridized carbons (Fsp3) is 0.818.